The molecule has 2 aromatic rings. The molecule has 1 aliphatic rings. The van der Waals surface area contributed by atoms with Gasteiger partial charge in [-0.3, -0.25) is 4.79 Å². The Bertz CT molecular complexity index is 739. The molecule has 25 heavy (non-hydrogen) atoms. The molecule has 0 bridgehead atoms. The van der Waals surface area contributed by atoms with E-state index < -0.39 is 5.91 Å². The number of nitrogens with one attached hydrogen (secondary N) is 2. The number of hydrogen-bond donors (Lipinski definition) is 3. The number of carbonyl (C=O) groups is 1. The number of benzene rings is 1. The zero-order chi connectivity index (χ0) is 17.8. The summed E-state index contributed by atoms with van der Waals surface area (Å²) in [5.74, 6) is 0.385. The van der Waals surface area contributed by atoms with Gasteiger partial charge in [0.05, 0.1) is 6.20 Å². The smallest absolute Gasteiger partial charge is 0.271 e. The molecule has 1 saturated heterocycles. The van der Waals surface area contributed by atoms with E-state index in [1.54, 1.807) is 0 Å². The zero-order valence-electron chi connectivity index (χ0n) is 14.5. The van der Waals surface area contributed by atoms with Crippen molar-refractivity contribution in [1.29, 1.82) is 0 Å². The molecule has 0 aliphatic carbocycles. The van der Waals surface area contributed by atoms with Crippen LogP contribution >= 0.6 is 0 Å². The predicted octanol–water partition coefficient (Wildman–Crippen LogP) is 0.795. The summed E-state index contributed by atoms with van der Waals surface area (Å²) < 4.78 is 0. The van der Waals surface area contributed by atoms with Gasteiger partial charge in [0.25, 0.3) is 5.91 Å². The highest BCUT2D eigenvalue weighted by atomic mass is 16.1. The van der Waals surface area contributed by atoms with Crippen LogP contribution in [0.25, 0.3) is 0 Å². The van der Waals surface area contributed by atoms with E-state index >= 15 is 0 Å². The Morgan fingerprint density at radius 2 is 1.92 bits per heavy atom. The Hall–Kier alpha value is -2.87. The van der Waals surface area contributed by atoms with E-state index in [1.165, 1.54) is 11.9 Å². The summed E-state index contributed by atoms with van der Waals surface area (Å²) in [7, 11) is 3.72. The van der Waals surface area contributed by atoms with Crippen molar-refractivity contribution in [2.75, 3.05) is 55.4 Å². The molecule has 1 aliphatic heterocycles. The molecule has 0 spiro atoms. The Labute approximate surface area is 147 Å². The van der Waals surface area contributed by atoms with Crippen LogP contribution in [0.1, 0.15) is 10.5 Å². The van der Waals surface area contributed by atoms with Crippen molar-refractivity contribution >= 4 is 28.9 Å². The molecular weight excluding hydrogens is 318 g/mol. The van der Waals surface area contributed by atoms with Crippen molar-refractivity contribution in [3.63, 3.8) is 0 Å². The van der Waals surface area contributed by atoms with Gasteiger partial charge in [0.15, 0.2) is 11.5 Å². The summed E-state index contributed by atoms with van der Waals surface area (Å²) >= 11 is 0. The maximum atomic E-state index is 11.6. The van der Waals surface area contributed by atoms with E-state index in [1.807, 2.05) is 31.1 Å². The van der Waals surface area contributed by atoms with Gasteiger partial charge in [-0.15, -0.1) is 0 Å². The molecule has 8 nitrogen and oxygen atoms in total. The van der Waals surface area contributed by atoms with Crippen LogP contribution in [0, 0.1) is 0 Å². The molecule has 8 heteroatoms. The lowest BCUT2D eigenvalue weighted by atomic mass is 10.2. The molecule has 2 heterocycles. The Kier molecular flexibility index (Phi) is 4.99. The Morgan fingerprint density at radius 3 is 2.52 bits per heavy atom. The van der Waals surface area contributed by atoms with Gasteiger partial charge in [-0.1, -0.05) is 0 Å². The second kappa shape index (κ2) is 7.35. The zero-order valence-corrected chi connectivity index (χ0v) is 14.5. The van der Waals surface area contributed by atoms with Crippen LogP contribution in [0.5, 0.6) is 0 Å². The maximum Gasteiger partial charge on any atom is 0.271 e. The van der Waals surface area contributed by atoms with Crippen molar-refractivity contribution in [3.05, 3.63) is 36.2 Å². The first-order chi connectivity index (χ1) is 12.0. The van der Waals surface area contributed by atoms with E-state index in [2.05, 4.69) is 37.6 Å². The Morgan fingerprint density at radius 1 is 1.24 bits per heavy atom. The summed E-state index contributed by atoms with van der Waals surface area (Å²) in [4.78, 5) is 24.3. The summed E-state index contributed by atoms with van der Waals surface area (Å²) in [6.07, 6.45) is 1.53. The third-order valence-corrected chi connectivity index (χ3v) is 4.06. The minimum Gasteiger partial charge on any atom is -0.369 e. The van der Waals surface area contributed by atoms with Crippen molar-refractivity contribution in [2.45, 2.75) is 0 Å². The second-order valence-electron chi connectivity index (χ2n) is 6.09. The van der Waals surface area contributed by atoms with Crippen molar-refractivity contribution in [1.82, 2.24) is 15.3 Å². The van der Waals surface area contributed by atoms with Crippen LogP contribution in [0.2, 0.25) is 0 Å². The molecule has 0 atom stereocenters. The first-order valence-electron chi connectivity index (χ1n) is 8.21. The highest BCUT2D eigenvalue weighted by Gasteiger charge is 2.15. The largest absolute Gasteiger partial charge is 0.369 e. The fourth-order valence-electron chi connectivity index (χ4n) is 2.68. The molecule has 1 amide bonds. The average Bonchev–Trinajstić information content (AvgIpc) is 2.63. The third-order valence-electron chi connectivity index (χ3n) is 4.06. The minimum absolute atomic E-state index is 0.122. The van der Waals surface area contributed by atoms with Crippen molar-refractivity contribution in [3.8, 4) is 0 Å². The summed E-state index contributed by atoms with van der Waals surface area (Å²) in [5, 5.41) is 6.49. The highest BCUT2D eigenvalue weighted by molar-refractivity contribution is 5.96. The number of rotatable bonds is 5. The number of anilines is 4. The number of hydrogen-bond acceptors (Lipinski definition) is 7. The van der Waals surface area contributed by atoms with Gasteiger partial charge < -0.3 is 26.2 Å². The van der Waals surface area contributed by atoms with Gasteiger partial charge in [-0.2, -0.15) is 0 Å². The average molecular weight is 341 g/mol. The normalized spacial score (nSPS) is 14.2. The fraction of sp³-hybridized carbons (Fsp3) is 0.353. The van der Waals surface area contributed by atoms with E-state index in [-0.39, 0.29) is 5.69 Å². The number of nitrogens with zero attached hydrogens (tertiary/aromatic N) is 4. The van der Waals surface area contributed by atoms with Crippen LogP contribution in [0.3, 0.4) is 0 Å². The maximum absolute atomic E-state index is 11.6. The molecule has 0 unspecified atom stereocenters. The van der Waals surface area contributed by atoms with E-state index in [0.29, 0.717) is 11.6 Å². The summed E-state index contributed by atoms with van der Waals surface area (Å²) in [6, 6.07) is 8.04. The van der Waals surface area contributed by atoms with Crippen LogP contribution in [0.15, 0.2) is 30.5 Å². The van der Waals surface area contributed by atoms with Gasteiger partial charge in [0, 0.05) is 51.6 Å². The number of carbonyl (C=O) groups excluding carboxylic acids is 1. The van der Waals surface area contributed by atoms with E-state index in [9.17, 15) is 4.79 Å². The minimum atomic E-state index is -0.613. The lowest BCUT2D eigenvalue weighted by Gasteiger charge is -2.29. The number of amides is 1. The van der Waals surface area contributed by atoms with Crippen molar-refractivity contribution in [2.24, 2.45) is 5.73 Å². The van der Waals surface area contributed by atoms with Crippen LogP contribution in [-0.2, 0) is 0 Å². The van der Waals surface area contributed by atoms with E-state index in [4.69, 9.17) is 5.73 Å². The number of primary amides is 1. The second-order valence-corrected chi connectivity index (χ2v) is 6.09. The van der Waals surface area contributed by atoms with Crippen LogP contribution in [-0.4, -0.2) is 56.1 Å². The molecule has 3 rings (SSSR count). The fourth-order valence-corrected chi connectivity index (χ4v) is 2.68. The molecule has 0 saturated carbocycles. The standard InChI is InChI=1S/C17H23N7O/c1-23(2)14-11-20-15(16(18)25)17(22-14)21-12-3-5-13(6-4-12)24-9-7-19-8-10-24/h3-6,11,19H,7-10H2,1-2H3,(H2,18,25)(H,21,22). The summed E-state index contributed by atoms with van der Waals surface area (Å²) in [6.45, 7) is 3.98. The first-order valence-corrected chi connectivity index (χ1v) is 8.21. The molecule has 132 valence electrons. The molecule has 1 fully saturated rings. The quantitative estimate of drug-likeness (QED) is 0.739. The first kappa shape index (κ1) is 17.0. The molecule has 4 N–H and O–H groups in total. The van der Waals surface area contributed by atoms with Gasteiger partial charge in [0.1, 0.15) is 5.82 Å². The van der Waals surface area contributed by atoms with Crippen LogP contribution in [0.4, 0.5) is 23.0 Å². The number of aromatic nitrogens is 2. The third kappa shape index (κ3) is 3.97. The lowest BCUT2D eigenvalue weighted by molar-refractivity contribution is 0.0996. The topological polar surface area (TPSA) is 99.4 Å². The molecule has 1 aromatic heterocycles. The molecule has 0 radical (unpaired) electrons. The van der Waals surface area contributed by atoms with Gasteiger partial charge in [0.2, 0.25) is 0 Å². The summed E-state index contributed by atoms with van der Waals surface area (Å²) in [5.41, 5.74) is 7.53. The van der Waals surface area contributed by atoms with Gasteiger partial charge in [-0.05, 0) is 24.3 Å². The van der Waals surface area contributed by atoms with Crippen molar-refractivity contribution < 1.29 is 4.79 Å². The van der Waals surface area contributed by atoms with Gasteiger partial charge >= 0.3 is 0 Å². The van der Waals surface area contributed by atoms with Gasteiger partial charge in [-0.25, -0.2) is 9.97 Å². The van der Waals surface area contributed by atoms with E-state index in [0.717, 1.165) is 31.9 Å². The molecule has 1 aromatic carbocycles. The SMILES string of the molecule is CN(C)c1cnc(C(N)=O)c(Nc2ccc(N3CCNCC3)cc2)n1. The monoisotopic (exact) mass is 341 g/mol. The highest BCUT2D eigenvalue weighted by Crippen LogP contribution is 2.23. The number of nitrogens with two attached hydrogens (primary N) is 1. The van der Waals surface area contributed by atoms with Crippen LogP contribution < -0.4 is 26.2 Å². The number of piperazine rings is 1. The predicted molar refractivity (Wildman–Crippen MR) is 99.7 cm³/mol. The molecular formula is C17H23N7O. The Balaban J connectivity index is 1.81. The lowest BCUT2D eigenvalue weighted by Crippen LogP contribution is -2.43.